The molecular weight excluding hydrogens is 409 g/mol. The first kappa shape index (κ1) is 22.1. The number of methoxy groups -OCH3 is 1. The first-order chi connectivity index (χ1) is 15.5. The maximum absolute atomic E-state index is 14.0. The molecule has 1 N–H and O–H groups in total. The van der Waals surface area contributed by atoms with E-state index in [1.807, 2.05) is 24.3 Å². The third-order valence-corrected chi connectivity index (χ3v) is 6.57. The van der Waals surface area contributed by atoms with Gasteiger partial charge >= 0.3 is 0 Å². The summed E-state index contributed by atoms with van der Waals surface area (Å²) in [6.07, 6.45) is 5.60. The number of ketones is 1. The van der Waals surface area contributed by atoms with E-state index < -0.39 is 29.3 Å². The zero-order valence-corrected chi connectivity index (χ0v) is 18.4. The van der Waals surface area contributed by atoms with E-state index >= 15 is 0 Å². The van der Waals surface area contributed by atoms with Crippen molar-refractivity contribution in [3.05, 3.63) is 70.5 Å². The van der Waals surface area contributed by atoms with E-state index in [1.165, 1.54) is 19.2 Å². The van der Waals surface area contributed by atoms with E-state index in [2.05, 4.69) is 6.92 Å². The summed E-state index contributed by atoms with van der Waals surface area (Å²) in [4.78, 5) is 28.1. The Morgan fingerprint density at radius 1 is 1.09 bits per heavy atom. The molecule has 0 spiro atoms. The largest absolute Gasteiger partial charge is 0.507 e. The van der Waals surface area contributed by atoms with Gasteiger partial charge in [-0.05, 0) is 48.6 Å². The van der Waals surface area contributed by atoms with Crippen molar-refractivity contribution in [1.29, 1.82) is 0 Å². The summed E-state index contributed by atoms with van der Waals surface area (Å²) in [5, 5.41) is 11.2. The van der Waals surface area contributed by atoms with Gasteiger partial charge in [0.15, 0.2) is 0 Å². The number of carbonyl (C=O) groups is 2. The van der Waals surface area contributed by atoms with Crippen molar-refractivity contribution >= 4 is 17.4 Å². The summed E-state index contributed by atoms with van der Waals surface area (Å²) in [5.41, 5.74) is 1.93. The van der Waals surface area contributed by atoms with Crippen LogP contribution in [0.25, 0.3) is 5.76 Å². The zero-order valence-electron chi connectivity index (χ0n) is 18.4. The van der Waals surface area contributed by atoms with Gasteiger partial charge in [-0.1, -0.05) is 50.5 Å². The summed E-state index contributed by atoms with van der Waals surface area (Å²) in [6.45, 7) is 2.05. The molecule has 2 aromatic carbocycles. The van der Waals surface area contributed by atoms with Crippen LogP contribution in [0.15, 0.2) is 48.0 Å². The zero-order chi connectivity index (χ0) is 22.8. The lowest BCUT2D eigenvalue weighted by Gasteiger charge is -2.35. The second-order valence-electron chi connectivity index (χ2n) is 8.44. The van der Waals surface area contributed by atoms with E-state index in [1.54, 1.807) is 4.90 Å². The molecule has 1 unspecified atom stereocenters. The molecule has 6 heteroatoms. The van der Waals surface area contributed by atoms with Crippen LogP contribution >= 0.6 is 0 Å². The van der Waals surface area contributed by atoms with E-state index in [0.29, 0.717) is 0 Å². The molecule has 1 saturated carbocycles. The topological polar surface area (TPSA) is 66.8 Å². The lowest BCUT2D eigenvalue weighted by atomic mass is 9.90. The highest BCUT2D eigenvalue weighted by Gasteiger charge is 2.49. The van der Waals surface area contributed by atoms with Gasteiger partial charge in [0.1, 0.15) is 17.3 Å². The Morgan fingerprint density at radius 2 is 1.78 bits per heavy atom. The highest BCUT2D eigenvalue weighted by atomic mass is 19.1. The van der Waals surface area contributed by atoms with Gasteiger partial charge in [0, 0.05) is 6.04 Å². The van der Waals surface area contributed by atoms with E-state index in [4.69, 9.17) is 4.74 Å². The molecule has 1 atom stereocenters. The Morgan fingerprint density at radius 3 is 2.41 bits per heavy atom. The van der Waals surface area contributed by atoms with Gasteiger partial charge in [0.2, 0.25) is 0 Å². The smallest absolute Gasteiger partial charge is 0.295 e. The van der Waals surface area contributed by atoms with Gasteiger partial charge in [-0.3, -0.25) is 9.59 Å². The predicted molar refractivity (Wildman–Crippen MR) is 120 cm³/mol. The molecule has 2 aliphatic rings. The summed E-state index contributed by atoms with van der Waals surface area (Å²) < 4.78 is 19.3. The normalized spacial score (nSPS) is 21.2. The molecule has 0 aromatic heterocycles. The molecule has 168 valence electrons. The van der Waals surface area contributed by atoms with Crippen LogP contribution < -0.4 is 4.74 Å². The van der Waals surface area contributed by atoms with Crippen molar-refractivity contribution in [3.8, 4) is 5.75 Å². The Bertz CT molecular complexity index is 1050. The van der Waals surface area contributed by atoms with Crippen LogP contribution in [0.3, 0.4) is 0 Å². The molecule has 1 heterocycles. The summed E-state index contributed by atoms with van der Waals surface area (Å²) in [5.74, 6) is -2.12. The molecule has 5 nitrogen and oxygen atoms in total. The molecule has 0 radical (unpaired) electrons. The van der Waals surface area contributed by atoms with Crippen molar-refractivity contribution in [3.63, 3.8) is 0 Å². The first-order valence-corrected chi connectivity index (χ1v) is 11.2. The highest BCUT2D eigenvalue weighted by molar-refractivity contribution is 6.46. The number of Topliss-reactive ketones (excluding diaryl/α,β-unsaturated/α-hetero) is 1. The average molecular weight is 438 g/mol. The molecule has 1 amide bonds. The second-order valence-corrected chi connectivity index (χ2v) is 8.44. The monoisotopic (exact) mass is 437 g/mol. The number of aliphatic hydroxyl groups excluding tert-OH is 1. The number of hydrogen-bond acceptors (Lipinski definition) is 4. The summed E-state index contributed by atoms with van der Waals surface area (Å²) in [7, 11) is 1.41. The van der Waals surface area contributed by atoms with Gasteiger partial charge in [0.05, 0.1) is 24.3 Å². The van der Waals surface area contributed by atoms with Gasteiger partial charge in [-0.25, -0.2) is 4.39 Å². The lowest BCUT2D eigenvalue weighted by molar-refractivity contribution is -0.141. The predicted octanol–water partition coefficient (Wildman–Crippen LogP) is 5.15. The van der Waals surface area contributed by atoms with Crippen LogP contribution in [-0.2, 0) is 16.0 Å². The van der Waals surface area contributed by atoms with E-state index in [9.17, 15) is 19.1 Å². The minimum Gasteiger partial charge on any atom is -0.507 e. The molecular formula is C26H28FNO4. The third kappa shape index (κ3) is 3.90. The van der Waals surface area contributed by atoms with Crippen LogP contribution in [0.2, 0.25) is 0 Å². The van der Waals surface area contributed by atoms with Crippen molar-refractivity contribution in [2.75, 3.05) is 7.11 Å². The van der Waals surface area contributed by atoms with Crippen LogP contribution in [0.5, 0.6) is 5.75 Å². The first-order valence-electron chi connectivity index (χ1n) is 11.2. The average Bonchev–Trinajstić information content (AvgIpc) is 3.09. The number of aryl methyl sites for hydroxylation is 1. The van der Waals surface area contributed by atoms with Gasteiger partial charge in [-0.2, -0.15) is 0 Å². The van der Waals surface area contributed by atoms with Crippen LogP contribution in [-0.4, -0.2) is 34.8 Å². The Balaban J connectivity index is 1.90. The summed E-state index contributed by atoms with van der Waals surface area (Å²) >= 11 is 0. The van der Waals surface area contributed by atoms with E-state index in [0.717, 1.165) is 55.7 Å². The van der Waals surface area contributed by atoms with Gasteiger partial charge < -0.3 is 14.7 Å². The fraction of sp³-hybridized carbons (Fsp3) is 0.385. The molecule has 2 aromatic rings. The van der Waals surface area contributed by atoms with Crippen molar-refractivity contribution in [2.45, 2.75) is 57.5 Å². The van der Waals surface area contributed by atoms with Crippen LogP contribution in [0, 0.1) is 5.82 Å². The number of hydrogen-bond donors (Lipinski definition) is 1. The number of nitrogens with zero attached hydrogens (tertiary/aromatic N) is 1. The molecule has 1 aliphatic heterocycles. The molecule has 1 saturated heterocycles. The highest BCUT2D eigenvalue weighted by Crippen LogP contribution is 2.44. The van der Waals surface area contributed by atoms with Crippen molar-refractivity contribution in [2.24, 2.45) is 0 Å². The van der Waals surface area contributed by atoms with Crippen LogP contribution in [0.4, 0.5) is 4.39 Å². The Kier molecular flexibility index (Phi) is 6.31. The number of carbonyl (C=O) groups excluding carboxylic acids is 2. The van der Waals surface area contributed by atoms with Crippen molar-refractivity contribution < 1.29 is 23.8 Å². The Labute approximate surface area is 187 Å². The number of benzene rings is 2. The number of amides is 1. The quantitative estimate of drug-likeness (QED) is 0.399. The number of aliphatic hydroxyl groups is 1. The summed E-state index contributed by atoms with van der Waals surface area (Å²) in [6, 6.07) is 10.7. The molecule has 1 aliphatic carbocycles. The lowest BCUT2D eigenvalue weighted by Crippen LogP contribution is -2.40. The van der Waals surface area contributed by atoms with Gasteiger partial charge in [0.25, 0.3) is 11.7 Å². The maximum atomic E-state index is 14.0. The minimum absolute atomic E-state index is 0.0197. The maximum Gasteiger partial charge on any atom is 0.295 e. The standard InChI is InChI=1S/C26H28FNO4/c1-3-16-9-11-17(12-10-16)23-22(24(29)20-15-18(27)13-14-21(20)32-2)25(30)26(31)28(23)19-7-5-4-6-8-19/h9-15,19,23,29H,3-8H2,1-2H3/b24-22+. The number of ether oxygens (including phenoxy) is 1. The fourth-order valence-corrected chi connectivity index (χ4v) is 4.86. The number of halogens is 1. The second kappa shape index (κ2) is 9.15. The van der Waals surface area contributed by atoms with Crippen molar-refractivity contribution in [1.82, 2.24) is 4.90 Å². The molecule has 0 bridgehead atoms. The van der Waals surface area contributed by atoms with Gasteiger partial charge in [-0.15, -0.1) is 0 Å². The number of likely N-dealkylation sites (tertiary alicyclic amines) is 1. The Hall–Kier alpha value is -3.15. The van der Waals surface area contributed by atoms with Crippen LogP contribution in [0.1, 0.15) is 61.8 Å². The number of rotatable bonds is 5. The SMILES string of the molecule is CCc1ccc(C2/C(=C(\O)c3cc(F)ccc3OC)C(=O)C(=O)N2C2CCCCC2)cc1. The fourth-order valence-electron chi connectivity index (χ4n) is 4.86. The molecule has 4 rings (SSSR count). The molecule has 2 fully saturated rings. The minimum atomic E-state index is -0.746. The third-order valence-electron chi connectivity index (χ3n) is 6.57. The van der Waals surface area contributed by atoms with E-state index in [-0.39, 0.29) is 22.9 Å². The molecule has 32 heavy (non-hydrogen) atoms.